The molecule has 5 heteroatoms. The SMILES string of the molecule is COc1cc(C(=O)Nc2cnccc2C)ccc1OCCC(C)C. The van der Waals surface area contributed by atoms with E-state index in [1.165, 1.54) is 0 Å². The van der Waals surface area contributed by atoms with Gasteiger partial charge in [0.25, 0.3) is 5.91 Å². The van der Waals surface area contributed by atoms with Crippen molar-refractivity contribution in [1.29, 1.82) is 0 Å². The lowest BCUT2D eigenvalue weighted by Crippen LogP contribution is -2.13. The Labute approximate surface area is 143 Å². The molecule has 0 atom stereocenters. The maximum Gasteiger partial charge on any atom is 0.255 e. The van der Waals surface area contributed by atoms with Crippen LogP contribution in [0, 0.1) is 12.8 Å². The van der Waals surface area contributed by atoms with Gasteiger partial charge in [0.2, 0.25) is 0 Å². The van der Waals surface area contributed by atoms with Gasteiger partial charge in [-0.2, -0.15) is 0 Å². The average Bonchev–Trinajstić information content (AvgIpc) is 2.56. The lowest BCUT2D eigenvalue weighted by atomic mass is 10.1. The van der Waals surface area contributed by atoms with Crippen molar-refractivity contribution in [1.82, 2.24) is 4.98 Å². The molecule has 1 amide bonds. The van der Waals surface area contributed by atoms with Crippen LogP contribution < -0.4 is 14.8 Å². The summed E-state index contributed by atoms with van der Waals surface area (Å²) in [5.41, 5.74) is 2.16. The number of nitrogens with zero attached hydrogens (tertiary/aromatic N) is 1. The molecular formula is C19H24N2O3. The van der Waals surface area contributed by atoms with Gasteiger partial charge in [0.15, 0.2) is 11.5 Å². The summed E-state index contributed by atoms with van der Waals surface area (Å²) in [6.07, 6.45) is 4.29. The zero-order valence-electron chi connectivity index (χ0n) is 14.6. The van der Waals surface area contributed by atoms with Crippen molar-refractivity contribution in [3.05, 3.63) is 47.8 Å². The second kappa shape index (κ2) is 8.34. The fourth-order valence-corrected chi connectivity index (χ4v) is 2.12. The number of aryl methyl sites for hydroxylation is 1. The van der Waals surface area contributed by atoms with Crippen LogP contribution in [-0.2, 0) is 0 Å². The Morgan fingerprint density at radius 1 is 1.25 bits per heavy atom. The minimum Gasteiger partial charge on any atom is -0.493 e. The molecule has 0 aliphatic carbocycles. The monoisotopic (exact) mass is 328 g/mol. The molecule has 0 spiro atoms. The van der Waals surface area contributed by atoms with Crippen molar-refractivity contribution in [2.75, 3.05) is 19.0 Å². The van der Waals surface area contributed by atoms with E-state index in [1.54, 1.807) is 37.7 Å². The molecule has 0 aliphatic heterocycles. The standard InChI is InChI=1S/C19H24N2O3/c1-13(2)8-10-24-17-6-5-15(11-18(17)23-4)19(22)21-16-12-20-9-7-14(16)3/h5-7,9,11-13H,8,10H2,1-4H3,(H,21,22). The predicted octanol–water partition coefficient (Wildman–Crippen LogP) is 4.08. The van der Waals surface area contributed by atoms with Gasteiger partial charge in [0.1, 0.15) is 0 Å². The van der Waals surface area contributed by atoms with Crippen molar-refractivity contribution in [3.63, 3.8) is 0 Å². The second-order valence-corrected chi connectivity index (χ2v) is 6.04. The molecule has 0 radical (unpaired) electrons. The number of amides is 1. The zero-order valence-corrected chi connectivity index (χ0v) is 14.6. The molecule has 2 aromatic rings. The third-order valence-electron chi connectivity index (χ3n) is 3.67. The van der Waals surface area contributed by atoms with Crippen LogP contribution in [0.2, 0.25) is 0 Å². The fraction of sp³-hybridized carbons (Fsp3) is 0.368. The number of hydrogen-bond acceptors (Lipinski definition) is 4. The van der Waals surface area contributed by atoms with Crippen LogP contribution in [0.1, 0.15) is 36.2 Å². The van der Waals surface area contributed by atoms with Crippen LogP contribution in [0.15, 0.2) is 36.7 Å². The number of ether oxygens (including phenoxy) is 2. The van der Waals surface area contributed by atoms with E-state index >= 15 is 0 Å². The average molecular weight is 328 g/mol. The van der Waals surface area contributed by atoms with Gasteiger partial charge < -0.3 is 14.8 Å². The summed E-state index contributed by atoms with van der Waals surface area (Å²) in [5.74, 6) is 1.56. The number of methoxy groups -OCH3 is 1. The molecule has 5 nitrogen and oxygen atoms in total. The molecule has 0 saturated carbocycles. The molecule has 24 heavy (non-hydrogen) atoms. The summed E-state index contributed by atoms with van der Waals surface area (Å²) in [4.78, 5) is 16.4. The lowest BCUT2D eigenvalue weighted by molar-refractivity contribution is 0.102. The second-order valence-electron chi connectivity index (χ2n) is 6.04. The fourth-order valence-electron chi connectivity index (χ4n) is 2.12. The Balaban J connectivity index is 2.10. The van der Waals surface area contributed by atoms with Gasteiger partial charge in [-0.25, -0.2) is 0 Å². The van der Waals surface area contributed by atoms with Gasteiger partial charge in [-0.15, -0.1) is 0 Å². The van der Waals surface area contributed by atoms with Gasteiger partial charge in [-0.1, -0.05) is 13.8 Å². The Kier molecular flexibility index (Phi) is 6.18. The predicted molar refractivity (Wildman–Crippen MR) is 94.9 cm³/mol. The Morgan fingerprint density at radius 2 is 2.04 bits per heavy atom. The van der Waals surface area contributed by atoms with Crippen molar-refractivity contribution in [3.8, 4) is 11.5 Å². The van der Waals surface area contributed by atoms with Gasteiger partial charge in [0, 0.05) is 11.8 Å². The maximum atomic E-state index is 12.4. The molecule has 0 aliphatic rings. The van der Waals surface area contributed by atoms with Gasteiger partial charge in [-0.05, 0) is 49.1 Å². The summed E-state index contributed by atoms with van der Waals surface area (Å²) in [5, 5.41) is 2.86. The molecule has 0 bridgehead atoms. The molecule has 0 saturated heterocycles. The van der Waals surface area contributed by atoms with Crippen LogP contribution in [0.4, 0.5) is 5.69 Å². The minimum atomic E-state index is -0.210. The Hall–Kier alpha value is -2.56. The summed E-state index contributed by atoms with van der Waals surface area (Å²) in [6, 6.07) is 7.03. The van der Waals surface area contributed by atoms with E-state index in [4.69, 9.17) is 9.47 Å². The normalized spacial score (nSPS) is 10.5. The van der Waals surface area contributed by atoms with Crippen LogP contribution in [0.5, 0.6) is 11.5 Å². The summed E-state index contributed by atoms with van der Waals surface area (Å²) in [6.45, 7) is 6.83. The molecule has 1 N–H and O–H groups in total. The van der Waals surface area contributed by atoms with Gasteiger partial charge in [0.05, 0.1) is 25.6 Å². The van der Waals surface area contributed by atoms with E-state index in [2.05, 4.69) is 24.1 Å². The first-order chi connectivity index (χ1) is 11.5. The van der Waals surface area contributed by atoms with E-state index in [9.17, 15) is 4.79 Å². The summed E-state index contributed by atoms with van der Waals surface area (Å²) in [7, 11) is 1.57. The van der Waals surface area contributed by atoms with E-state index < -0.39 is 0 Å². The van der Waals surface area contributed by atoms with Crippen LogP contribution in [0.3, 0.4) is 0 Å². The van der Waals surface area contributed by atoms with Crippen LogP contribution >= 0.6 is 0 Å². The van der Waals surface area contributed by atoms with Crippen LogP contribution in [0.25, 0.3) is 0 Å². The third kappa shape index (κ3) is 4.72. The number of carbonyl (C=O) groups excluding carboxylic acids is 1. The highest BCUT2D eigenvalue weighted by atomic mass is 16.5. The van der Waals surface area contributed by atoms with Crippen molar-refractivity contribution in [2.24, 2.45) is 5.92 Å². The molecule has 128 valence electrons. The molecule has 1 aromatic heterocycles. The van der Waals surface area contributed by atoms with Crippen LogP contribution in [-0.4, -0.2) is 24.6 Å². The minimum absolute atomic E-state index is 0.210. The Morgan fingerprint density at radius 3 is 2.71 bits per heavy atom. The smallest absolute Gasteiger partial charge is 0.255 e. The zero-order chi connectivity index (χ0) is 17.5. The number of benzene rings is 1. The van der Waals surface area contributed by atoms with Crippen molar-refractivity contribution in [2.45, 2.75) is 27.2 Å². The van der Waals surface area contributed by atoms with E-state index in [1.807, 2.05) is 13.0 Å². The summed E-state index contributed by atoms with van der Waals surface area (Å²) < 4.78 is 11.1. The van der Waals surface area contributed by atoms with Crippen molar-refractivity contribution >= 4 is 11.6 Å². The maximum absolute atomic E-state index is 12.4. The molecule has 2 rings (SSSR count). The molecule has 0 unspecified atom stereocenters. The Bertz CT molecular complexity index is 699. The molecule has 1 heterocycles. The lowest BCUT2D eigenvalue weighted by Gasteiger charge is -2.13. The number of aromatic nitrogens is 1. The first kappa shape index (κ1) is 17.8. The number of nitrogens with one attached hydrogen (secondary N) is 1. The number of carbonyl (C=O) groups is 1. The first-order valence-corrected chi connectivity index (χ1v) is 8.04. The highest BCUT2D eigenvalue weighted by Crippen LogP contribution is 2.29. The number of pyridine rings is 1. The van der Waals surface area contributed by atoms with Crippen molar-refractivity contribution < 1.29 is 14.3 Å². The van der Waals surface area contributed by atoms with E-state index in [0.29, 0.717) is 35.3 Å². The topological polar surface area (TPSA) is 60.5 Å². The number of anilines is 1. The summed E-state index contributed by atoms with van der Waals surface area (Å²) >= 11 is 0. The van der Waals surface area contributed by atoms with E-state index in [-0.39, 0.29) is 5.91 Å². The highest BCUT2D eigenvalue weighted by Gasteiger charge is 2.12. The van der Waals surface area contributed by atoms with Gasteiger partial charge in [-0.3, -0.25) is 9.78 Å². The third-order valence-corrected chi connectivity index (χ3v) is 3.67. The molecular weight excluding hydrogens is 304 g/mol. The highest BCUT2D eigenvalue weighted by molar-refractivity contribution is 6.04. The van der Waals surface area contributed by atoms with Gasteiger partial charge >= 0.3 is 0 Å². The number of hydrogen-bond donors (Lipinski definition) is 1. The quantitative estimate of drug-likeness (QED) is 0.832. The van der Waals surface area contributed by atoms with E-state index in [0.717, 1.165) is 12.0 Å². The first-order valence-electron chi connectivity index (χ1n) is 8.04. The number of rotatable bonds is 7. The molecule has 0 fully saturated rings. The largest absolute Gasteiger partial charge is 0.493 e. The molecule has 1 aromatic carbocycles.